The van der Waals surface area contributed by atoms with E-state index in [1.54, 1.807) is 11.0 Å². The molecule has 1 aromatic carbocycles. The topological polar surface area (TPSA) is 82.4 Å². The second kappa shape index (κ2) is 8.09. The van der Waals surface area contributed by atoms with Crippen LogP contribution in [0.1, 0.15) is 31.2 Å². The number of nitrogens with zero attached hydrogens (tertiary/aromatic N) is 2. The number of amides is 2. The number of hydrogen-bond donors (Lipinski definition) is 1. The number of ether oxygens (including phenoxy) is 1. The zero-order valence-corrected chi connectivity index (χ0v) is 15.1. The second-order valence-corrected chi connectivity index (χ2v) is 7.11. The van der Waals surface area contributed by atoms with Crippen molar-refractivity contribution in [2.75, 3.05) is 25.0 Å². The predicted octanol–water partition coefficient (Wildman–Crippen LogP) is 3.09. The Balaban J connectivity index is 1.61. The number of hydrogen-bond acceptors (Lipinski definition) is 4. The van der Waals surface area contributed by atoms with Crippen LogP contribution >= 0.6 is 0 Å². The number of benzene rings is 1. The number of piperidine rings is 1. The summed E-state index contributed by atoms with van der Waals surface area (Å²) in [4.78, 5) is 26.5. The lowest BCUT2D eigenvalue weighted by Gasteiger charge is -2.32. The standard InChI is InChI=1S/C19H20F3N3O3/c20-19(21,22)11-28-16-6-5-15(8-14(16)9-23)24-17(26)13-2-1-7-25(10-13)18(27)12-3-4-12/h5-6,8,12-13H,1-4,7,10-11H2,(H,24,26). The average Bonchev–Trinajstić information content (AvgIpc) is 3.51. The third kappa shape index (κ3) is 5.15. The number of rotatable bonds is 5. The molecule has 1 atom stereocenters. The van der Waals surface area contributed by atoms with E-state index in [9.17, 15) is 22.8 Å². The van der Waals surface area contributed by atoms with E-state index in [0.29, 0.717) is 25.2 Å². The Labute approximate surface area is 160 Å². The summed E-state index contributed by atoms with van der Waals surface area (Å²) in [5, 5.41) is 11.8. The lowest BCUT2D eigenvalue weighted by molar-refractivity contribution is -0.153. The third-order valence-corrected chi connectivity index (χ3v) is 4.79. The number of carbonyl (C=O) groups is 2. The second-order valence-electron chi connectivity index (χ2n) is 7.11. The first-order chi connectivity index (χ1) is 13.3. The fraction of sp³-hybridized carbons (Fsp3) is 0.526. The van der Waals surface area contributed by atoms with Crippen LogP contribution in [0, 0.1) is 23.2 Å². The van der Waals surface area contributed by atoms with Crippen LogP contribution in [-0.2, 0) is 9.59 Å². The Morgan fingerprint density at radius 2 is 2.00 bits per heavy atom. The maximum Gasteiger partial charge on any atom is 0.422 e. The van der Waals surface area contributed by atoms with Gasteiger partial charge in [-0.3, -0.25) is 9.59 Å². The summed E-state index contributed by atoms with van der Waals surface area (Å²) < 4.78 is 41.5. The van der Waals surface area contributed by atoms with Gasteiger partial charge < -0.3 is 15.0 Å². The molecule has 150 valence electrons. The number of alkyl halides is 3. The molecule has 0 spiro atoms. The normalized spacial score (nSPS) is 19.6. The summed E-state index contributed by atoms with van der Waals surface area (Å²) in [6, 6.07) is 5.66. The Kier molecular flexibility index (Phi) is 5.77. The molecule has 0 bridgehead atoms. The number of carbonyl (C=O) groups excluding carboxylic acids is 2. The Morgan fingerprint density at radius 1 is 1.25 bits per heavy atom. The fourth-order valence-electron chi connectivity index (χ4n) is 3.20. The van der Waals surface area contributed by atoms with E-state index in [1.165, 1.54) is 18.2 Å². The summed E-state index contributed by atoms with van der Waals surface area (Å²) >= 11 is 0. The molecule has 1 N–H and O–H groups in total. The van der Waals surface area contributed by atoms with Crippen molar-refractivity contribution in [2.24, 2.45) is 11.8 Å². The maximum absolute atomic E-state index is 12.6. The zero-order chi connectivity index (χ0) is 20.3. The molecule has 1 aliphatic carbocycles. The van der Waals surface area contributed by atoms with Crippen molar-refractivity contribution in [3.63, 3.8) is 0 Å². The molecule has 0 aromatic heterocycles. The van der Waals surface area contributed by atoms with Crippen molar-refractivity contribution in [2.45, 2.75) is 31.9 Å². The van der Waals surface area contributed by atoms with E-state index in [4.69, 9.17) is 5.26 Å². The van der Waals surface area contributed by atoms with Gasteiger partial charge in [0.2, 0.25) is 11.8 Å². The van der Waals surface area contributed by atoms with Crippen LogP contribution in [0.2, 0.25) is 0 Å². The SMILES string of the molecule is N#Cc1cc(NC(=O)C2CCCN(C(=O)C3CC3)C2)ccc1OCC(F)(F)F. The first-order valence-electron chi connectivity index (χ1n) is 9.10. The number of nitrogens with one attached hydrogen (secondary N) is 1. The Morgan fingerprint density at radius 3 is 2.64 bits per heavy atom. The van der Waals surface area contributed by atoms with E-state index in [-0.39, 0.29) is 35.0 Å². The number of anilines is 1. The van der Waals surface area contributed by atoms with Crippen LogP contribution in [0.15, 0.2) is 18.2 Å². The van der Waals surface area contributed by atoms with Gasteiger partial charge in [0, 0.05) is 24.7 Å². The molecule has 6 nitrogen and oxygen atoms in total. The monoisotopic (exact) mass is 395 g/mol. The first kappa shape index (κ1) is 20.0. The van der Waals surface area contributed by atoms with Gasteiger partial charge in [0.15, 0.2) is 6.61 Å². The highest BCUT2D eigenvalue weighted by molar-refractivity contribution is 5.93. The fourth-order valence-corrected chi connectivity index (χ4v) is 3.20. The Hall–Kier alpha value is -2.76. The van der Waals surface area contributed by atoms with E-state index < -0.39 is 12.8 Å². The molecular weight excluding hydrogens is 375 g/mol. The van der Waals surface area contributed by atoms with Crippen molar-refractivity contribution >= 4 is 17.5 Å². The van der Waals surface area contributed by atoms with Crippen molar-refractivity contribution in [3.05, 3.63) is 23.8 Å². The minimum absolute atomic E-state index is 0.101. The molecule has 1 saturated heterocycles. The molecule has 1 aliphatic heterocycles. The molecule has 9 heteroatoms. The summed E-state index contributed by atoms with van der Waals surface area (Å²) in [7, 11) is 0. The maximum atomic E-state index is 12.6. The molecule has 3 rings (SSSR count). The van der Waals surface area contributed by atoms with Crippen molar-refractivity contribution in [3.8, 4) is 11.8 Å². The van der Waals surface area contributed by atoms with Gasteiger partial charge >= 0.3 is 6.18 Å². The van der Waals surface area contributed by atoms with Gasteiger partial charge in [-0.25, -0.2) is 0 Å². The molecule has 28 heavy (non-hydrogen) atoms. The minimum Gasteiger partial charge on any atom is -0.483 e. The van der Waals surface area contributed by atoms with Gasteiger partial charge in [-0.2, -0.15) is 18.4 Å². The molecule has 2 amide bonds. The number of likely N-dealkylation sites (tertiary alicyclic amines) is 1. The highest BCUT2D eigenvalue weighted by Gasteiger charge is 2.36. The molecule has 1 heterocycles. The molecule has 1 aromatic rings. The minimum atomic E-state index is -4.51. The summed E-state index contributed by atoms with van der Waals surface area (Å²) in [6.07, 6.45) is -1.30. The van der Waals surface area contributed by atoms with E-state index >= 15 is 0 Å². The smallest absolute Gasteiger partial charge is 0.422 e. The average molecular weight is 395 g/mol. The van der Waals surface area contributed by atoms with Crippen LogP contribution < -0.4 is 10.1 Å². The molecule has 0 radical (unpaired) electrons. The molecule has 2 fully saturated rings. The van der Waals surface area contributed by atoms with E-state index in [0.717, 1.165) is 19.3 Å². The highest BCUT2D eigenvalue weighted by atomic mass is 19.4. The van der Waals surface area contributed by atoms with Crippen molar-refractivity contribution < 1.29 is 27.5 Å². The van der Waals surface area contributed by atoms with Crippen molar-refractivity contribution in [1.82, 2.24) is 4.90 Å². The van der Waals surface area contributed by atoms with Crippen LogP contribution in [-0.4, -0.2) is 42.6 Å². The van der Waals surface area contributed by atoms with Crippen LogP contribution in [0.3, 0.4) is 0 Å². The first-order valence-corrected chi connectivity index (χ1v) is 9.10. The van der Waals surface area contributed by atoms with Crippen LogP contribution in [0.25, 0.3) is 0 Å². The zero-order valence-electron chi connectivity index (χ0n) is 15.1. The number of halogens is 3. The Bertz CT molecular complexity index is 800. The quantitative estimate of drug-likeness (QED) is 0.831. The van der Waals surface area contributed by atoms with Crippen LogP contribution in [0.4, 0.5) is 18.9 Å². The number of nitriles is 1. The van der Waals surface area contributed by atoms with Gasteiger partial charge in [0.05, 0.1) is 11.5 Å². The van der Waals surface area contributed by atoms with Gasteiger partial charge in [0.1, 0.15) is 11.8 Å². The van der Waals surface area contributed by atoms with E-state index in [2.05, 4.69) is 10.1 Å². The largest absolute Gasteiger partial charge is 0.483 e. The molecule has 1 unspecified atom stereocenters. The van der Waals surface area contributed by atoms with Gasteiger partial charge in [-0.05, 0) is 43.9 Å². The van der Waals surface area contributed by atoms with Gasteiger partial charge in [-0.1, -0.05) is 0 Å². The molecule has 1 saturated carbocycles. The predicted molar refractivity (Wildman–Crippen MR) is 93.4 cm³/mol. The highest BCUT2D eigenvalue weighted by Crippen LogP contribution is 2.33. The lowest BCUT2D eigenvalue weighted by atomic mass is 9.96. The summed E-state index contributed by atoms with van der Waals surface area (Å²) in [5.41, 5.74) is 0.197. The van der Waals surface area contributed by atoms with Gasteiger partial charge in [-0.15, -0.1) is 0 Å². The van der Waals surface area contributed by atoms with Gasteiger partial charge in [0.25, 0.3) is 0 Å². The van der Waals surface area contributed by atoms with E-state index in [1.807, 2.05) is 0 Å². The lowest BCUT2D eigenvalue weighted by Crippen LogP contribution is -2.44. The van der Waals surface area contributed by atoms with Crippen LogP contribution in [0.5, 0.6) is 5.75 Å². The molecule has 2 aliphatic rings. The third-order valence-electron chi connectivity index (χ3n) is 4.79. The summed E-state index contributed by atoms with van der Waals surface area (Å²) in [5.74, 6) is -0.624. The summed E-state index contributed by atoms with van der Waals surface area (Å²) in [6.45, 7) is -0.484. The van der Waals surface area contributed by atoms with Crippen molar-refractivity contribution in [1.29, 1.82) is 5.26 Å². The molecular formula is C19H20F3N3O3.